The highest BCUT2D eigenvalue weighted by atomic mass is 32.1. The number of carbonyl (C=O) groups is 1. The van der Waals surface area contributed by atoms with E-state index >= 15 is 0 Å². The van der Waals surface area contributed by atoms with Crippen molar-refractivity contribution >= 4 is 22.3 Å². The number of aromatic nitrogens is 2. The number of carbonyl (C=O) groups excluding carboxylic acids is 1. The highest BCUT2D eigenvalue weighted by molar-refractivity contribution is 7.16. The second-order valence-corrected chi connectivity index (χ2v) is 6.56. The summed E-state index contributed by atoms with van der Waals surface area (Å²) in [4.78, 5) is 29.6. The molecule has 24 heavy (non-hydrogen) atoms. The van der Waals surface area contributed by atoms with E-state index in [0.29, 0.717) is 16.4 Å². The fourth-order valence-electron chi connectivity index (χ4n) is 2.18. The van der Waals surface area contributed by atoms with Gasteiger partial charge in [-0.25, -0.2) is 9.78 Å². The number of ether oxygens (including phenoxy) is 2. The van der Waals surface area contributed by atoms with Crippen molar-refractivity contribution in [3.63, 3.8) is 0 Å². The average Bonchev–Trinajstić information content (AvgIpc) is 2.92. The maximum atomic E-state index is 12.0. The number of hydrogen-bond donors (Lipinski definition) is 0. The molecule has 2 aromatic heterocycles. The fourth-order valence-corrected chi connectivity index (χ4v) is 3.03. The molecule has 0 saturated carbocycles. The lowest BCUT2D eigenvalue weighted by Gasteiger charge is -2.07. The number of rotatable bonds is 5. The Morgan fingerprint density at radius 1 is 1.29 bits per heavy atom. The van der Waals surface area contributed by atoms with Crippen LogP contribution in [-0.4, -0.2) is 22.0 Å². The number of aryl methyl sites for hydroxylation is 2. The van der Waals surface area contributed by atoms with Crippen molar-refractivity contribution in [1.82, 2.24) is 9.38 Å². The van der Waals surface area contributed by atoms with E-state index in [2.05, 4.69) is 4.98 Å². The first-order chi connectivity index (χ1) is 11.5. The van der Waals surface area contributed by atoms with Gasteiger partial charge >= 0.3 is 5.97 Å². The SMILES string of the molecule is Cc1cccc(OCC(=O)OCc2cc(=O)n3cc(C)sc3n2)c1. The molecule has 0 aliphatic heterocycles. The molecule has 0 bridgehead atoms. The Bertz CT molecular complexity index is 945. The van der Waals surface area contributed by atoms with E-state index < -0.39 is 5.97 Å². The lowest BCUT2D eigenvalue weighted by molar-refractivity contribution is -0.147. The van der Waals surface area contributed by atoms with Crippen molar-refractivity contribution in [2.45, 2.75) is 20.5 Å². The van der Waals surface area contributed by atoms with E-state index in [1.54, 1.807) is 12.3 Å². The van der Waals surface area contributed by atoms with Gasteiger partial charge in [-0.05, 0) is 31.5 Å². The van der Waals surface area contributed by atoms with Crippen molar-refractivity contribution < 1.29 is 14.3 Å². The zero-order chi connectivity index (χ0) is 17.1. The molecule has 0 unspecified atom stereocenters. The van der Waals surface area contributed by atoms with Gasteiger partial charge < -0.3 is 9.47 Å². The van der Waals surface area contributed by atoms with Crippen LogP contribution in [0.4, 0.5) is 0 Å². The van der Waals surface area contributed by atoms with Gasteiger partial charge in [0.25, 0.3) is 5.56 Å². The normalized spacial score (nSPS) is 10.8. The smallest absolute Gasteiger partial charge is 0.344 e. The standard InChI is InChI=1S/C17H16N2O4S/c1-11-4-3-5-14(6-11)22-10-16(21)23-9-13-7-15(20)19-8-12(2)24-17(19)18-13/h3-8H,9-10H2,1-2H3. The van der Waals surface area contributed by atoms with Crippen molar-refractivity contribution in [2.75, 3.05) is 6.61 Å². The molecule has 3 aromatic rings. The first kappa shape index (κ1) is 16.2. The summed E-state index contributed by atoms with van der Waals surface area (Å²) in [5.41, 5.74) is 1.28. The Morgan fingerprint density at radius 2 is 2.12 bits per heavy atom. The van der Waals surface area contributed by atoms with Crippen LogP contribution in [0, 0.1) is 13.8 Å². The lowest BCUT2D eigenvalue weighted by atomic mass is 10.2. The molecule has 2 heterocycles. The molecule has 3 rings (SSSR count). The van der Waals surface area contributed by atoms with Crippen LogP contribution in [0.1, 0.15) is 16.1 Å². The number of thiazole rings is 1. The van der Waals surface area contributed by atoms with E-state index in [4.69, 9.17) is 9.47 Å². The summed E-state index contributed by atoms with van der Waals surface area (Å²) < 4.78 is 12.0. The number of fused-ring (bicyclic) bond motifs is 1. The number of hydrogen-bond acceptors (Lipinski definition) is 6. The van der Waals surface area contributed by atoms with Crippen molar-refractivity contribution in [2.24, 2.45) is 0 Å². The van der Waals surface area contributed by atoms with Gasteiger partial charge in [-0.15, -0.1) is 11.3 Å². The van der Waals surface area contributed by atoms with Crippen LogP contribution in [0.15, 0.2) is 41.3 Å². The molecular formula is C17H16N2O4S. The number of benzene rings is 1. The topological polar surface area (TPSA) is 69.9 Å². The van der Waals surface area contributed by atoms with E-state index in [0.717, 1.165) is 10.4 Å². The van der Waals surface area contributed by atoms with Crippen LogP contribution in [0.25, 0.3) is 4.96 Å². The van der Waals surface area contributed by atoms with E-state index in [1.807, 2.05) is 32.0 Å². The van der Waals surface area contributed by atoms with E-state index in [9.17, 15) is 9.59 Å². The van der Waals surface area contributed by atoms with Crippen LogP contribution in [-0.2, 0) is 16.1 Å². The van der Waals surface area contributed by atoms with Crippen LogP contribution in [0.3, 0.4) is 0 Å². The number of esters is 1. The molecule has 0 saturated heterocycles. The summed E-state index contributed by atoms with van der Waals surface area (Å²) in [6.07, 6.45) is 1.74. The Kier molecular flexibility index (Phi) is 4.61. The molecule has 0 N–H and O–H groups in total. The second-order valence-electron chi connectivity index (χ2n) is 5.35. The van der Waals surface area contributed by atoms with Gasteiger partial charge in [-0.1, -0.05) is 12.1 Å². The zero-order valence-electron chi connectivity index (χ0n) is 13.3. The third-order valence-corrected chi connectivity index (χ3v) is 4.16. The summed E-state index contributed by atoms with van der Waals surface area (Å²) in [5, 5.41) is 0. The summed E-state index contributed by atoms with van der Waals surface area (Å²) in [6.45, 7) is 3.60. The average molecular weight is 344 g/mol. The van der Waals surface area contributed by atoms with Gasteiger partial charge in [0, 0.05) is 17.1 Å². The minimum absolute atomic E-state index is 0.0568. The predicted molar refractivity (Wildman–Crippen MR) is 90.5 cm³/mol. The molecule has 0 fully saturated rings. The second kappa shape index (κ2) is 6.84. The van der Waals surface area contributed by atoms with E-state index in [-0.39, 0.29) is 18.8 Å². The molecule has 0 atom stereocenters. The highest BCUT2D eigenvalue weighted by Crippen LogP contribution is 2.14. The quantitative estimate of drug-likeness (QED) is 0.665. The van der Waals surface area contributed by atoms with Gasteiger partial charge in [0.15, 0.2) is 11.6 Å². The van der Waals surface area contributed by atoms with Crippen LogP contribution in [0.5, 0.6) is 5.75 Å². The van der Waals surface area contributed by atoms with Gasteiger partial charge in [0.1, 0.15) is 12.4 Å². The predicted octanol–water partition coefficient (Wildman–Crippen LogP) is 2.50. The Morgan fingerprint density at radius 3 is 2.92 bits per heavy atom. The van der Waals surface area contributed by atoms with Crippen LogP contribution in [0.2, 0.25) is 0 Å². The van der Waals surface area contributed by atoms with Crippen LogP contribution < -0.4 is 10.3 Å². The summed E-state index contributed by atoms with van der Waals surface area (Å²) in [7, 11) is 0. The Labute approximate surface area is 142 Å². The highest BCUT2D eigenvalue weighted by Gasteiger charge is 2.09. The van der Waals surface area contributed by atoms with Crippen molar-refractivity contribution in [3.05, 3.63) is 63.0 Å². The zero-order valence-corrected chi connectivity index (χ0v) is 14.1. The molecule has 0 spiro atoms. The molecular weight excluding hydrogens is 328 g/mol. The molecule has 6 nitrogen and oxygen atoms in total. The molecule has 0 radical (unpaired) electrons. The molecule has 124 valence electrons. The van der Waals surface area contributed by atoms with E-state index in [1.165, 1.54) is 21.8 Å². The largest absolute Gasteiger partial charge is 0.482 e. The van der Waals surface area contributed by atoms with Crippen molar-refractivity contribution in [1.29, 1.82) is 0 Å². The van der Waals surface area contributed by atoms with Gasteiger partial charge in [0.2, 0.25) is 0 Å². The first-order valence-electron chi connectivity index (χ1n) is 7.35. The summed E-state index contributed by atoms with van der Waals surface area (Å²) in [6, 6.07) is 8.77. The summed E-state index contributed by atoms with van der Waals surface area (Å²) >= 11 is 1.41. The maximum absolute atomic E-state index is 12.0. The third-order valence-electron chi connectivity index (χ3n) is 3.26. The molecule has 0 aliphatic rings. The molecule has 1 aromatic carbocycles. The molecule has 0 amide bonds. The Balaban J connectivity index is 1.59. The van der Waals surface area contributed by atoms with Crippen LogP contribution >= 0.6 is 11.3 Å². The maximum Gasteiger partial charge on any atom is 0.344 e. The fraction of sp³-hybridized carbons (Fsp3) is 0.235. The minimum Gasteiger partial charge on any atom is -0.482 e. The lowest BCUT2D eigenvalue weighted by Crippen LogP contribution is -2.17. The van der Waals surface area contributed by atoms with Gasteiger partial charge in [-0.3, -0.25) is 9.20 Å². The number of nitrogens with zero attached hydrogens (tertiary/aromatic N) is 2. The molecule has 7 heteroatoms. The summed E-state index contributed by atoms with van der Waals surface area (Å²) in [5.74, 6) is 0.0969. The first-order valence-corrected chi connectivity index (χ1v) is 8.17. The van der Waals surface area contributed by atoms with Crippen molar-refractivity contribution in [3.8, 4) is 5.75 Å². The van der Waals surface area contributed by atoms with Gasteiger partial charge in [0.05, 0.1) is 5.69 Å². The third kappa shape index (κ3) is 3.80. The van der Waals surface area contributed by atoms with Gasteiger partial charge in [-0.2, -0.15) is 0 Å². The molecule has 0 aliphatic carbocycles. The Hall–Kier alpha value is -2.67. The minimum atomic E-state index is -0.513. The monoisotopic (exact) mass is 344 g/mol.